The number of esters is 1. The minimum absolute atomic E-state index is 0.242. The summed E-state index contributed by atoms with van der Waals surface area (Å²) in [6.07, 6.45) is -0.377. The number of carbonyl (C=O) groups excluding carboxylic acids is 1. The lowest BCUT2D eigenvalue weighted by molar-refractivity contribution is 0.0472. The highest BCUT2D eigenvalue weighted by atomic mass is 16.5. The number of benzene rings is 3. The van der Waals surface area contributed by atoms with Crippen LogP contribution >= 0.6 is 0 Å². The molecule has 1 aromatic heterocycles. The molecule has 164 valence electrons. The monoisotopic (exact) mass is 430 g/mol. The minimum Gasteiger partial charge on any atom is -0.494 e. The van der Waals surface area contributed by atoms with Gasteiger partial charge in [-0.3, -0.25) is 0 Å². The Labute approximate surface area is 187 Å². The van der Waals surface area contributed by atoms with Crippen LogP contribution in [0.1, 0.15) is 47.3 Å². The summed E-state index contributed by atoms with van der Waals surface area (Å²) in [6.45, 7) is 5.26. The van der Waals surface area contributed by atoms with Crippen LogP contribution in [-0.2, 0) is 16.1 Å². The first-order chi connectivity index (χ1) is 15.7. The number of aromatic amines is 1. The largest absolute Gasteiger partial charge is 0.494 e. The highest BCUT2D eigenvalue weighted by Crippen LogP contribution is 2.28. The molecule has 0 amide bonds. The van der Waals surface area contributed by atoms with E-state index in [9.17, 15) is 4.79 Å². The molecule has 0 aliphatic heterocycles. The maximum absolute atomic E-state index is 12.4. The smallest absolute Gasteiger partial charge is 0.338 e. The molecule has 0 fully saturated rings. The third kappa shape index (κ3) is 4.98. The number of fused-ring (bicyclic) bond motifs is 1. The lowest BCUT2D eigenvalue weighted by Gasteiger charge is -2.15. The van der Waals surface area contributed by atoms with Crippen LogP contribution in [0.2, 0.25) is 0 Å². The first kappa shape index (κ1) is 21.6. The van der Waals surface area contributed by atoms with E-state index in [-0.39, 0.29) is 18.7 Å². The van der Waals surface area contributed by atoms with Gasteiger partial charge in [-0.15, -0.1) is 0 Å². The zero-order valence-electron chi connectivity index (χ0n) is 18.2. The fourth-order valence-electron chi connectivity index (χ4n) is 3.49. The Morgan fingerprint density at radius 2 is 1.75 bits per heavy atom. The molecule has 0 saturated carbocycles. The van der Waals surface area contributed by atoms with Crippen molar-refractivity contribution in [3.8, 4) is 5.75 Å². The number of ether oxygens (including phenoxy) is 3. The van der Waals surface area contributed by atoms with E-state index in [1.54, 1.807) is 12.1 Å². The molecule has 0 spiro atoms. The Morgan fingerprint density at radius 3 is 2.47 bits per heavy atom. The van der Waals surface area contributed by atoms with Crippen LogP contribution in [0.25, 0.3) is 11.0 Å². The number of imidazole rings is 1. The zero-order chi connectivity index (χ0) is 22.3. The molecule has 4 rings (SSSR count). The van der Waals surface area contributed by atoms with Crippen molar-refractivity contribution in [1.29, 1.82) is 0 Å². The number of aromatic nitrogens is 2. The summed E-state index contributed by atoms with van der Waals surface area (Å²) in [5.74, 6) is 1.14. The van der Waals surface area contributed by atoms with E-state index in [2.05, 4.69) is 4.98 Å². The second-order valence-electron chi connectivity index (χ2n) is 7.25. The van der Waals surface area contributed by atoms with E-state index < -0.39 is 0 Å². The SMILES string of the molecule is CCOc1ccc2nc(C(OCC)c3ccc(C(=O)OCc4ccccc4)cc3)[nH]c2c1. The third-order valence-corrected chi connectivity index (χ3v) is 5.03. The number of carbonyl (C=O) groups is 1. The molecule has 1 unspecified atom stereocenters. The van der Waals surface area contributed by atoms with Crippen molar-refractivity contribution in [1.82, 2.24) is 9.97 Å². The molecule has 3 aromatic carbocycles. The van der Waals surface area contributed by atoms with Gasteiger partial charge in [0.15, 0.2) is 0 Å². The van der Waals surface area contributed by atoms with Crippen molar-refractivity contribution >= 4 is 17.0 Å². The molecule has 4 aromatic rings. The molecule has 1 N–H and O–H groups in total. The van der Waals surface area contributed by atoms with E-state index in [0.717, 1.165) is 27.9 Å². The van der Waals surface area contributed by atoms with Gasteiger partial charge in [0, 0.05) is 12.7 Å². The van der Waals surface area contributed by atoms with Gasteiger partial charge in [-0.2, -0.15) is 0 Å². The Kier molecular flexibility index (Phi) is 6.82. The molecule has 0 saturated heterocycles. The van der Waals surface area contributed by atoms with Crippen molar-refractivity contribution in [2.24, 2.45) is 0 Å². The normalized spacial score (nSPS) is 11.9. The quantitative estimate of drug-likeness (QED) is 0.358. The molecule has 6 heteroatoms. The summed E-state index contributed by atoms with van der Waals surface area (Å²) >= 11 is 0. The van der Waals surface area contributed by atoms with E-state index in [1.807, 2.05) is 74.5 Å². The standard InChI is InChI=1S/C26H26N2O4/c1-3-30-21-14-15-22-23(16-21)28-25(27-22)24(31-4-2)19-10-12-20(13-11-19)26(29)32-17-18-8-6-5-7-9-18/h5-16,24H,3-4,17H2,1-2H3,(H,27,28). The number of H-pyrrole nitrogens is 1. The first-order valence-electron chi connectivity index (χ1n) is 10.7. The van der Waals surface area contributed by atoms with Gasteiger partial charge >= 0.3 is 5.97 Å². The molecular weight excluding hydrogens is 404 g/mol. The van der Waals surface area contributed by atoms with Crippen LogP contribution in [0.15, 0.2) is 72.8 Å². The number of nitrogens with one attached hydrogen (secondary N) is 1. The van der Waals surface area contributed by atoms with Crippen molar-refractivity contribution in [3.63, 3.8) is 0 Å². The molecule has 6 nitrogen and oxygen atoms in total. The summed E-state index contributed by atoms with van der Waals surface area (Å²) in [5, 5.41) is 0. The summed E-state index contributed by atoms with van der Waals surface area (Å²) in [6, 6.07) is 22.6. The second kappa shape index (κ2) is 10.1. The fraction of sp³-hybridized carbons (Fsp3) is 0.231. The average molecular weight is 431 g/mol. The molecule has 32 heavy (non-hydrogen) atoms. The van der Waals surface area contributed by atoms with Gasteiger partial charge < -0.3 is 19.2 Å². The van der Waals surface area contributed by atoms with Gasteiger partial charge in [-0.1, -0.05) is 42.5 Å². The Morgan fingerprint density at radius 1 is 0.969 bits per heavy atom. The summed E-state index contributed by atoms with van der Waals surface area (Å²) < 4.78 is 17.0. The van der Waals surface area contributed by atoms with Gasteiger partial charge in [0.1, 0.15) is 24.3 Å². The van der Waals surface area contributed by atoms with Crippen LogP contribution in [-0.4, -0.2) is 29.2 Å². The van der Waals surface area contributed by atoms with Crippen molar-refractivity contribution in [2.45, 2.75) is 26.6 Å². The van der Waals surface area contributed by atoms with Gasteiger partial charge in [-0.25, -0.2) is 9.78 Å². The van der Waals surface area contributed by atoms with Gasteiger partial charge in [0.2, 0.25) is 0 Å². The number of hydrogen-bond acceptors (Lipinski definition) is 5. The van der Waals surface area contributed by atoms with Crippen LogP contribution in [0.5, 0.6) is 5.75 Å². The molecule has 0 aliphatic carbocycles. The Bertz CT molecular complexity index is 1170. The van der Waals surface area contributed by atoms with Crippen LogP contribution in [0.4, 0.5) is 0 Å². The van der Waals surface area contributed by atoms with Crippen LogP contribution in [0, 0.1) is 0 Å². The van der Waals surface area contributed by atoms with E-state index in [4.69, 9.17) is 19.2 Å². The summed E-state index contributed by atoms with van der Waals surface area (Å²) in [5.41, 5.74) is 4.07. The van der Waals surface area contributed by atoms with Gasteiger partial charge in [0.05, 0.1) is 23.2 Å². The molecule has 0 radical (unpaired) electrons. The minimum atomic E-state index is -0.377. The van der Waals surface area contributed by atoms with Gasteiger partial charge in [-0.05, 0) is 49.2 Å². The maximum atomic E-state index is 12.4. The summed E-state index contributed by atoms with van der Waals surface area (Å²) in [7, 11) is 0. The first-order valence-corrected chi connectivity index (χ1v) is 10.7. The number of hydrogen-bond donors (Lipinski definition) is 1. The third-order valence-electron chi connectivity index (χ3n) is 5.03. The molecule has 1 atom stereocenters. The molecule has 0 aliphatic rings. The molecule has 1 heterocycles. The molecular formula is C26H26N2O4. The van der Waals surface area contributed by atoms with E-state index >= 15 is 0 Å². The van der Waals surface area contributed by atoms with Crippen molar-refractivity contribution < 1.29 is 19.0 Å². The van der Waals surface area contributed by atoms with Crippen LogP contribution in [0.3, 0.4) is 0 Å². The van der Waals surface area contributed by atoms with Crippen LogP contribution < -0.4 is 4.74 Å². The Hall–Kier alpha value is -3.64. The second-order valence-corrected chi connectivity index (χ2v) is 7.25. The summed E-state index contributed by atoms with van der Waals surface area (Å²) in [4.78, 5) is 20.5. The van der Waals surface area contributed by atoms with E-state index in [0.29, 0.717) is 24.6 Å². The van der Waals surface area contributed by atoms with Gasteiger partial charge in [0.25, 0.3) is 0 Å². The lowest BCUT2D eigenvalue weighted by Crippen LogP contribution is -2.09. The predicted molar refractivity (Wildman–Crippen MR) is 123 cm³/mol. The average Bonchev–Trinajstić information content (AvgIpc) is 3.25. The highest BCUT2D eigenvalue weighted by molar-refractivity contribution is 5.89. The zero-order valence-corrected chi connectivity index (χ0v) is 18.2. The van der Waals surface area contributed by atoms with Crippen molar-refractivity contribution in [3.05, 3.63) is 95.3 Å². The topological polar surface area (TPSA) is 73.4 Å². The highest BCUT2D eigenvalue weighted by Gasteiger charge is 2.19. The number of rotatable bonds is 9. The lowest BCUT2D eigenvalue weighted by atomic mass is 10.1. The Balaban J connectivity index is 1.51. The maximum Gasteiger partial charge on any atom is 0.338 e. The predicted octanol–water partition coefficient (Wildman–Crippen LogP) is 5.44. The fourth-order valence-corrected chi connectivity index (χ4v) is 3.49. The van der Waals surface area contributed by atoms with E-state index in [1.165, 1.54) is 0 Å². The number of nitrogens with zero attached hydrogens (tertiary/aromatic N) is 1. The molecule has 0 bridgehead atoms. The van der Waals surface area contributed by atoms with Crippen molar-refractivity contribution in [2.75, 3.05) is 13.2 Å².